The van der Waals surface area contributed by atoms with Crippen LogP contribution in [-0.4, -0.2) is 19.1 Å². The zero-order valence-corrected chi connectivity index (χ0v) is 28.1. The maximum absolute atomic E-state index is 5.44. The van der Waals surface area contributed by atoms with Crippen LogP contribution in [0.5, 0.6) is 0 Å². The highest BCUT2D eigenvalue weighted by Crippen LogP contribution is 2.43. The minimum Gasteiger partial charge on any atom is -0.309 e. The van der Waals surface area contributed by atoms with Crippen LogP contribution in [0.1, 0.15) is 0 Å². The number of aromatic nitrogens is 4. The lowest BCUT2D eigenvalue weighted by molar-refractivity contribution is 1.01. The Bertz CT molecular complexity index is 3160. The number of fused-ring (bicyclic) bond motifs is 9. The molecule has 52 heavy (non-hydrogen) atoms. The predicted octanol–water partition coefficient (Wildman–Crippen LogP) is 12.3. The summed E-state index contributed by atoms with van der Waals surface area (Å²) in [5, 5.41) is 8.22. The van der Waals surface area contributed by atoms with Crippen molar-refractivity contribution in [2.75, 3.05) is 0 Å². The Hall–Kier alpha value is -7.04. The summed E-state index contributed by atoms with van der Waals surface area (Å²) in [5.41, 5.74) is 11.0. The fourth-order valence-electron chi connectivity index (χ4n) is 8.25. The molecule has 0 saturated heterocycles. The van der Waals surface area contributed by atoms with E-state index in [1.165, 1.54) is 54.5 Å². The Morgan fingerprint density at radius 2 is 0.904 bits per heavy atom. The molecule has 3 heterocycles. The molecule has 4 nitrogen and oxygen atoms in total. The van der Waals surface area contributed by atoms with Gasteiger partial charge < -0.3 is 4.57 Å². The van der Waals surface area contributed by atoms with E-state index in [4.69, 9.17) is 9.97 Å². The van der Waals surface area contributed by atoms with Crippen LogP contribution in [-0.2, 0) is 0 Å². The number of benzene rings is 8. The van der Waals surface area contributed by atoms with Gasteiger partial charge in [0.05, 0.1) is 33.3 Å². The second-order valence-electron chi connectivity index (χ2n) is 13.4. The predicted molar refractivity (Wildman–Crippen MR) is 217 cm³/mol. The van der Waals surface area contributed by atoms with E-state index in [0.717, 1.165) is 38.9 Å². The smallest absolute Gasteiger partial charge is 0.235 e. The molecular weight excluding hydrogens is 633 g/mol. The molecule has 0 aliphatic heterocycles. The fourth-order valence-corrected chi connectivity index (χ4v) is 8.25. The number of hydrogen-bond acceptors (Lipinski definition) is 2. The topological polar surface area (TPSA) is 35.6 Å². The van der Waals surface area contributed by atoms with Crippen LogP contribution in [0, 0.1) is 0 Å². The third-order valence-electron chi connectivity index (χ3n) is 10.5. The number of para-hydroxylation sites is 3. The molecule has 0 aliphatic carbocycles. The van der Waals surface area contributed by atoms with Gasteiger partial charge in [-0.1, -0.05) is 140 Å². The van der Waals surface area contributed by atoms with Crippen LogP contribution in [0.25, 0.3) is 99.3 Å². The summed E-state index contributed by atoms with van der Waals surface area (Å²) in [7, 11) is 0. The molecule has 0 unspecified atom stereocenters. The number of hydrogen-bond donors (Lipinski definition) is 0. The van der Waals surface area contributed by atoms with E-state index < -0.39 is 0 Å². The summed E-state index contributed by atoms with van der Waals surface area (Å²) in [6.45, 7) is 0. The van der Waals surface area contributed by atoms with Gasteiger partial charge in [-0.15, -0.1) is 0 Å². The number of rotatable bonds is 4. The van der Waals surface area contributed by atoms with Crippen LogP contribution in [0.3, 0.4) is 0 Å². The van der Waals surface area contributed by atoms with Gasteiger partial charge in [-0.3, -0.25) is 4.57 Å². The van der Waals surface area contributed by atoms with E-state index in [1.807, 2.05) is 0 Å². The van der Waals surface area contributed by atoms with Crippen molar-refractivity contribution in [2.24, 2.45) is 0 Å². The van der Waals surface area contributed by atoms with Crippen molar-refractivity contribution in [2.45, 2.75) is 0 Å². The van der Waals surface area contributed by atoms with Crippen molar-refractivity contribution < 1.29 is 0 Å². The van der Waals surface area contributed by atoms with E-state index >= 15 is 0 Å². The molecule has 11 rings (SSSR count). The Morgan fingerprint density at radius 3 is 1.65 bits per heavy atom. The molecule has 0 atom stereocenters. The maximum Gasteiger partial charge on any atom is 0.235 e. The van der Waals surface area contributed by atoms with Crippen LogP contribution >= 0.6 is 0 Å². The molecule has 8 aromatic carbocycles. The molecule has 0 fully saturated rings. The third-order valence-corrected chi connectivity index (χ3v) is 10.5. The lowest BCUT2D eigenvalue weighted by atomic mass is 9.99. The minimum absolute atomic E-state index is 0.660. The first-order chi connectivity index (χ1) is 25.8. The van der Waals surface area contributed by atoms with Crippen molar-refractivity contribution in [1.82, 2.24) is 19.1 Å². The highest BCUT2D eigenvalue weighted by molar-refractivity contribution is 6.28. The van der Waals surface area contributed by atoms with Crippen LogP contribution < -0.4 is 0 Å². The molecule has 0 N–H and O–H groups in total. The van der Waals surface area contributed by atoms with Crippen molar-refractivity contribution in [3.63, 3.8) is 0 Å². The van der Waals surface area contributed by atoms with Gasteiger partial charge in [0.1, 0.15) is 0 Å². The molecule has 4 heteroatoms. The largest absolute Gasteiger partial charge is 0.309 e. The molecule has 11 aromatic rings. The Kier molecular flexibility index (Phi) is 6.22. The third kappa shape index (κ3) is 4.21. The van der Waals surface area contributed by atoms with Gasteiger partial charge in [-0.2, -0.15) is 0 Å². The van der Waals surface area contributed by atoms with Crippen LogP contribution in [0.15, 0.2) is 182 Å². The van der Waals surface area contributed by atoms with E-state index in [9.17, 15) is 0 Å². The van der Waals surface area contributed by atoms with Crippen molar-refractivity contribution in [3.8, 4) is 34.0 Å². The fraction of sp³-hybridized carbons (Fsp3) is 0. The van der Waals surface area contributed by atoms with Gasteiger partial charge >= 0.3 is 0 Å². The lowest BCUT2D eigenvalue weighted by Crippen LogP contribution is -2.03. The average Bonchev–Trinajstić information content (AvgIpc) is 3.73. The molecule has 0 amide bonds. The minimum atomic E-state index is 0.660. The average molecular weight is 663 g/mol. The Morgan fingerprint density at radius 1 is 0.346 bits per heavy atom. The Labute approximate surface area is 299 Å². The lowest BCUT2D eigenvalue weighted by Gasteiger charge is -2.13. The van der Waals surface area contributed by atoms with E-state index in [-0.39, 0.29) is 0 Å². The molecule has 3 aromatic heterocycles. The molecule has 0 bridgehead atoms. The molecule has 0 radical (unpaired) electrons. The van der Waals surface area contributed by atoms with Gasteiger partial charge in [0, 0.05) is 38.2 Å². The van der Waals surface area contributed by atoms with E-state index in [0.29, 0.717) is 5.95 Å². The first kappa shape index (κ1) is 28.8. The first-order valence-electron chi connectivity index (χ1n) is 17.7. The van der Waals surface area contributed by atoms with Crippen LogP contribution in [0.4, 0.5) is 0 Å². The second-order valence-corrected chi connectivity index (χ2v) is 13.4. The molecule has 0 spiro atoms. The summed E-state index contributed by atoms with van der Waals surface area (Å²) < 4.78 is 4.65. The van der Waals surface area contributed by atoms with Gasteiger partial charge in [-0.05, 0) is 64.4 Å². The second kappa shape index (κ2) is 11.2. The van der Waals surface area contributed by atoms with Crippen molar-refractivity contribution in [3.05, 3.63) is 182 Å². The maximum atomic E-state index is 5.44. The number of nitrogens with zero attached hydrogens (tertiary/aromatic N) is 4. The zero-order chi connectivity index (χ0) is 34.2. The standard InChI is InChI=1S/C48H30N4/c1-2-13-31(14-3-1)32-25-27-34(28-26-32)51-41-23-10-7-19-38(41)45-43(51)29-30-44-46(45)39-20-8-11-24-42(39)52(44)48-49-40-22-9-6-18-37(40)47(50-48)36-21-12-16-33-15-4-5-17-35(33)36/h1-30H. The van der Waals surface area contributed by atoms with Gasteiger partial charge in [-0.25, -0.2) is 9.97 Å². The molecule has 0 saturated carbocycles. The van der Waals surface area contributed by atoms with Gasteiger partial charge in [0.25, 0.3) is 0 Å². The Balaban J connectivity index is 1.20. The summed E-state index contributed by atoms with van der Waals surface area (Å²) in [6, 6.07) is 64.8. The van der Waals surface area contributed by atoms with E-state index in [2.05, 4.69) is 191 Å². The van der Waals surface area contributed by atoms with Crippen molar-refractivity contribution in [1.29, 1.82) is 0 Å². The highest BCUT2D eigenvalue weighted by Gasteiger charge is 2.22. The van der Waals surface area contributed by atoms with Crippen molar-refractivity contribution >= 4 is 65.3 Å². The highest BCUT2D eigenvalue weighted by atomic mass is 15.2. The molecule has 0 aliphatic rings. The van der Waals surface area contributed by atoms with Crippen LogP contribution in [0.2, 0.25) is 0 Å². The quantitative estimate of drug-likeness (QED) is 0.188. The summed E-state index contributed by atoms with van der Waals surface area (Å²) >= 11 is 0. The first-order valence-corrected chi connectivity index (χ1v) is 17.7. The summed E-state index contributed by atoms with van der Waals surface area (Å²) in [5.74, 6) is 0.660. The van der Waals surface area contributed by atoms with E-state index in [1.54, 1.807) is 0 Å². The zero-order valence-electron chi connectivity index (χ0n) is 28.1. The monoisotopic (exact) mass is 662 g/mol. The van der Waals surface area contributed by atoms with Gasteiger partial charge in [0.15, 0.2) is 0 Å². The summed E-state index contributed by atoms with van der Waals surface area (Å²) in [4.78, 5) is 10.7. The normalized spacial score (nSPS) is 11.8. The SMILES string of the molecule is c1ccc(-c2ccc(-n3c4ccccc4c4c5c6ccccc6n(-c6nc(-c7cccc8ccccc78)c7ccccc7n6)c5ccc43)cc2)cc1. The van der Waals surface area contributed by atoms with Gasteiger partial charge in [0.2, 0.25) is 5.95 Å². The molecular formula is C48H30N4. The summed E-state index contributed by atoms with van der Waals surface area (Å²) in [6.07, 6.45) is 0. The molecule has 242 valence electrons.